The van der Waals surface area contributed by atoms with Crippen LogP contribution in [-0.2, 0) is 9.53 Å². The number of unbranched alkanes of at least 4 members (excludes halogenated alkanes) is 19. The number of esters is 1. The first-order chi connectivity index (χ1) is 17.2. The van der Waals surface area contributed by atoms with Gasteiger partial charge in [0.25, 0.3) is 0 Å². The van der Waals surface area contributed by atoms with E-state index in [0.717, 1.165) is 18.8 Å². The summed E-state index contributed by atoms with van der Waals surface area (Å²) >= 11 is 0. The molecule has 0 bridgehead atoms. The van der Waals surface area contributed by atoms with Crippen LogP contribution in [0.1, 0.15) is 181 Å². The van der Waals surface area contributed by atoms with Crippen molar-refractivity contribution in [2.24, 2.45) is 5.92 Å². The molecule has 0 heterocycles. The molecule has 0 aliphatic heterocycles. The fourth-order valence-electron chi connectivity index (χ4n) is 4.63. The second kappa shape index (κ2) is 29.4. The third-order valence-corrected chi connectivity index (χ3v) is 7.44. The molecule has 35 heavy (non-hydrogen) atoms. The maximum absolute atomic E-state index is 11.9. The van der Waals surface area contributed by atoms with Gasteiger partial charge in [-0.05, 0) is 44.4 Å². The molecule has 0 aliphatic carbocycles. The van der Waals surface area contributed by atoms with E-state index >= 15 is 0 Å². The maximum Gasteiger partial charge on any atom is 0.305 e. The Morgan fingerprint density at radius 1 is 0.600 bits per heavy atom. The van der Waals surface area contributed by atoms with E-state index < -0.39 is 0 Å². The zero-order chi connectivity index (χ0) is 25.7. The summed E-state index contributed by atoms with van der Waals surface area (Å²) in [5.74, 6) is 0.914. The average Bonchev–Trinajstić information content (AvgIpc) is 2.86. The standard InChI is InChI=1S/C33H64O2/c1-4-6-7-8-9-10-11-12-13-14-15-16-17-18-21-24-27-30-33(34)35-31-28-25-22-19-20-23-26-29-32(3)5-2/h10-11,32H,4-9,12-31H2,1-3H3. The monoisotopic (exact) mass is 492 g/mol. The van der Waals surface area contributed by atoms with Crippen molar-refractivity contribution in [2.75, 3.05) is 6.61 Å². The SMILES string of the molecule is CCCCCCC=CCCCCCCCCCCCC(=O)OCCCCCCCCCC(C)CC. The summed E-state index contributed by atoms with van der Waals surface area (Å²) in [6.45, 7) is 7.55. The lowest BCUT2D eigenvalue weighted by atomic mass is 10.00. The van der Waals surface area contributed by atoms with Crippen LogP contribution in [0.5, 0.6) is 0 Å². The second-order valence-corrected chi connectivity index (χ2v) is 11.0. The molecule has 0 fully saturated rings. The molecule has 0 aromatic heterocycles. The number of hydrogen-bond acceptors (Lipinski definition) is 2. The Labute approximate surface area is 221 Å². The van der Waals surface area contributed by atoms with Gasteiger partial charge >= 0.3 is 5.97 Å². The van der Waals surface area contributed by atoms with Crippen LogP contribution >= 0.6 is 0 Å². The second-order valence-electron chi connectivity index (χ2n) is 11.0. The molecular formula is C33H64O2. The molecule has 1 unspecified atom stereocenters. The first-order valence-electron chi connectivity index (χ1n) is 16.0. The van der Waals surface area contributed by atoms with Gasteiger partial charge in [-0.2, -0.15) is 0 Å². The predicted octanol–water partition coefficient (Wildman–Crippen LogP) is 11.5. The molecule has 2 heteroatoms. The Kier molecular flexibility index (Phi) is 28.8. The molecule has 2 nitrogen and oxygen atoms in total. The van der Waals surface area contributed by atoms with Crippen molar-refractivity contribution in [2.45, 2.75) is 181 Å². The van der Waals surface area contributed by atoms with E-state index in [9.17, 15) is 4.79 Å². The van der Waals surface area contributed by atoms with E-state index in [4.69, 9.17) is 4.74 Å². The van der Waals surface area contributed by atoms with Gasteiger partial charge in [0.1, 0.15) is 0 Å². The number of ether oxygens (including phenoxy) is 1. The molecule has 0 saturated carbocycles. The van der Waals surface area contributed by atoms with Crippen LogP contribution in [0, 0.1) is 5.92 Å². The number of carbonyl (C=O) groups is 1. The summed E-state index contributed by atoms with van der Waals surface area (Å²) in [4.78, 5) is 11.9. The van der Waals surface area contributed by atoms with E-state index in [2.05, 4.69) is 32.9 Å². The number of hydrogen-bond donors (Lipinski definition) is 0. The van der Waals surface area contributed by atoms with E-state index in [-0.39, 0.29) is 5.97 Å². The van der Waals surface area contributed by atoms with E-state index in [1.807, 2.05) is 0 Å². The zero-order valence-electron chi connectivity index (χ0n) is 24.4. The predicted molar refractivity (Wildman–Crippen MR) is 156 cm³/mol. The minimum atomic E-state index is 0.0186. The highest BCUT2D eigenvalue weighted by Gasteiger charge is 2.03. The van der Waals surface area contributed by atoms with Gasteiger partial charge in [0.05, 0.1) is 6.61 Å². The van der Waals surface area contributed by atoms with Crippen molar-refractivity contribution in [1.29, 1.82) is 0 Å². The Morgan fingerprint density at radius 2 is 1.06 bits per heavy atom. The zero-order valence-corrected chi connectivity index (χ0v) is 24.4. The molecular weight excluding hydrogens is 428 g/mol. The third-order valence-electron chi connectivity index (χ3n) is 7.44. The van der Waals surface area contributed by atoms with Crippen LogP contribution in [-0.4, -0.2) is 12.6 Å². The molecule has 0 rings (SSSR count). The Hall–Kier alpha value is -0.790. The summed E-state index contributed by atoms with van der Waals surface area (Å²) in [7, 11) is 0. The molecule has 0 N–H and O–H groups in total. The van der Waals surface area contributed by atoms with Crippen molar-refractivity contribution in [1.82, 2.24) is 0 Å². The molecule has 1 atom stereocenters. The van der Waals surface area contributed by atoms with Crippen molar-refractivity contribution in [3.8, 4) is 0 Å². The number of carbonyl (C=O) groups excluding carboxylic acids is 1. The summed E-state index contributed by atoms with van der Waals surface area (Å²) in [5, 5.41) is 0. The Bertz CT molecular complexity index is 442. The largest absolute Gasteiger partial charge is 0.466 e. The highest BCUT2D eigenvalue weighted by molar-refractivity contribution is 5.69. The molecule has 0 radical (unpaired) electrons. The van der Waals surface area contributed by atoms with Crippen LogP contribution < -0.4 is 0 Å². The minimum Gasteiger partial charge on any atom is -0.466 e. The lowest BCUT2D eigenvalue weighted by Crippen LogP contribution is -2.05. The lowest BCUT2D eigenvalue weighted by molar-refractivity contribution is -0.143. The minimum absolute atomic E-state index is 0.0186. The van der Waals surface area contributed by atoms with E-state index in [1.54, 1.807) is 0 Å². The van der Waals surface area contributed by atoms with Crippen LogP contribution in [0.3, 0.4) is 0 Å². The van der Waals surface area contributed by atoms with Crippen LogP contribution in [0.25, 0.3) is 0 Å². The fourth-order valence-corrected chi connectivity index (χ4v) is 4.63. The number of allylic oxidation sites excluding steroid dienone is 2. The van der Waals surface area contributed by atoms with Crippen LogP contribution in [0.4, 0.5) is 0 Å². The molecule has 0 aromatic rings. The first kappa shape index (κ1) is 34.2. The van der Waals surface area contributed by atoms with E-state index in [0.29, 0.717) is 13.0 Å². The highest BCUT2D eigenvalue weighted by Crippen LogP contribution is 2.15. The smallest absolute Gasteiger partial charge is 0.305 e. The molecule has 208 valence electrons. The Morgan fingerprint density at radius 3 is 1.60 bits per heavy atom. The normalized spacial score (nSPS) is 12.4. The van der Waals surface area contributed by atoms with Crippen molar-refractivity contribution < 1.29 is 9.53 Å². The first-order valence-corrected chi connectivity index (χ1v) is 16.0. The quantitative estimate of drug-likeness (QED) is 0.0616. The van der Waals surface area contributed by atoms with Crippen LogP contribution in [0.2, 0.25) is 0 Å². The molecule has 0 aliphatic rings. The average molecular weight is 493 g/mol. The summed E-state index contributed by atoms with van der Waals surface area (Å²) < 4.78 is 5.41. The summed E-state index contributed by atoms with van der Waals surface area (Å²) in [6.07, 6.45) is 36.8. The van der Waals surface area contributed by atoms with Gasteiger partial charge in [-0.15, -0.1) is 0 Å². The van der Waals surface area contributed by atoms with Gasteiger partial charge in [0.15, 0.2) is 0 Å². The maximum atomic E-state index is 11.9. The van der Waals surface area contributed by atoms with Gasteiger partial charge in [-0.1, -0.05) is 148 Å². The third kappa shape index (κ3) is 29.3. The summed E-state index contributed by atoms with van der Waals surface area (Å²) in [6, 6.07) is 0. The van der Waals surface area contributed by atoms with E-state index in [1.165, 1.54) is 141 Å². The van der Waals surface area contributed by atoms with Crippen molar-refractivity contribution >= 4 is 5.97 Å². The fraction of sp³-hybridized carbons (Fsp3) is 0.909. The van der Waals surface area contributed by atoms with Gasteiger partial charge in [0.2, 0.25) is 0 Å². The number of rotatable bonds is 28. The van der Waals surface area contributed by atoms with Gasteiger partial charge < -0.3 is 4.74 Å². The summed E-state index contributed by atoms with van der Waals surface area (Å²) in [5.41, 5.74) is 0. The molecule has 0 saturated heterocycles. The molecule has 0 amide bonds. The van der Waals surface area contributed by atoms with Gasteiger partial charge in [0, 0.05) is 6.42 Å². The Balaban J connectivity index is 3.20. The lowest BCUT2D eigenvalue weighted by Gasteiger charge is -2.07. The van der Waals surface area contributed by atoms with Gasteiger partial charge in [-0.25, -0.2) is 0 Å². The van der Waals surface area contributed by atoms with Crippen LogP contribution in [0.15, 0.2) is 12.2 Å². The van der Waals surface area contributed by atoms with Crippen molar-refractivity contribution in [3.05, 3.63) is 12.2 Å². The van der Waals surface area contributed by atoms with Crippen molar-refractivity contribution in [3.63, 3.8) is 0 Å². The van der Waals surface area contributed by atoms with Gasteiger partial charge in [-0.3, -0.25) is 4.79 Å². The molecule has 0 aromatic carbocycles. The molecule has 0 spiro atoms. The topological polar surface area (TPSA) is 26.3 Å². The highest BCUT2D eigenvalue weighted by atomic mass is 16.5.